The Morgan fingerprint density at radius 2 is 1.80 bits per heavy atom. The summed E-state index contributed by atoms with van der Waals surface area (Å²) < 4.78 is 40.7. The number of aryl methyl sites for hydroxylation is 1. The van der Waals surface area contributed by atoms with E-state index in [1.165, 1.54) is 49.3 Å². The fraction of sp³-hybridized carbons (Fsp3) is 0.826. The maximum absolute atomic E-state index is 13.1. The van der Waals surface area contributed by atoms with Gasteiger partial charge in [-0.3, -0.25) is 9.48 Å². The molecule has 6 rings (SSSR count). The number of nitrogens with zero attached hydrogens (tertiary/aromatic N) is 2. The normalized spacial score (nSPS) is 33.7. The molecule has 0 aromatic carbocycles. The highest BCUT2D eigenvalue weighted by Gasteiger charge is 2.54. The van der Waals surface area contributed by atoms with Gasteiger partial charge in [0.05, 0.1) is 0 Å². The van der Waals surface area contributed by atoms with Crippen LogP contribution in [-0.4, -0.2) is 21.7 Å². The first-order valence-electron chi connectivity index (χ1n) is 11.7. The van der Waals surface area contributed by atoms with Crippen molar-refractivity contribution in [2.75, 3.05) is 0 Å². The number of nitrogens with one attached hydrogen (secondary N) is 1. The van der Waals surface area contributed by atoms with Crippen LogP contribution in [0.5, 0.6) is 0 Å². The van der Waals surface area contributed by atoms with Gasteiger partial charge in [-0.25, -0.2) is 0 Å². The Labute approximate surface area is 176 Å². The van der Waals surface area contributed by atoms with E-state index in [0.29, 0.717) is 5.69 Å². The molecule has 30 heavy (non-hydrogen) atoms. The maximum atomic E-state index is 13.1. The van der Waals surface area contributed by atoms with E-state index in [2.05, 4.69) is 17.3 Å². The van der Waals surface area contributed by atoms with Crippen LogP contribution in [0.15, 0.2) is 6.07 Å². The summed E-state index contributed by atoms with van der Waals surface area (Å²) in [6.07, 6.45) is 6.28. The number of carbonyl (C=O) groups is 1. The number of amides is 1. The highest BCUT2D eigenvalue weighted by atomic mass is 19.4. The maximum Gasteiger partial charge on any atom is 0.435 e. The molecule has 5 aliphatic rings. The van der Waals surface area contributed by atoms with Crippen molar-refractivity contribution in [3.8, 4) is 0 Å². The van der Waals surface area contributed by atoms with E-state index >= 15 is 0 Å². The van der Waals surface area contributed by atoms with Crippen LogP contribution in [0.4, 0.5) is 13.2 Å². The number of aromatic nitrogens is 2. The van der Waals surface area contributed by atoms with Gasteiger partial charge in [0, 0.05) is 30.6 Å². The molecule has 0 aliphatic heterocycles. The zero-order chi connectivity index (χ0) is 21.1. The van der Waals surface area contributed by atoms with Gasteiger partial charge >= 0.3 is 6.18 Å². The van der Waals surface area contributed by atoms with Crippen LogP contribution in [-0.2, 0) is 17.5 Å². The first kappa shape index (κ1) is 20.4. The molecule has 166 valence electrons. The van der Waals surface area contributed by atoms with Crippen molar-refractivity contribution in [3.05, 3.63) is 17.5 Å². The zero-order valence-electron chi connectivity index (χ0n) is 17.7. The van der Waals surface area contributed by atoms with E-state index in [0.717, 1.165) is 37.0 Å². The molecule has 7 heteroatoms. The molecule has 1 aromatic heterocycles. The number of hydrogen-bond donors (Lipinski definition) is 1. The average molecular weight is 424 g/mol. The second-order valence-electron chi connectivity index (χ2n) is 10.5. The summed E-state index contributed by atoms with van der Waals surface area (Å²) in [6.45, 7) is 2.36. The van der Waals surface area contributed by atoms with E-state index in [-0.39, 0.29) is 36.2 Å². The van der Waals surface area contributed by atoms with Gasteiger partial charge in [-0.2, -0.15) is 18.3 Å². The molecule has 4 nitrogen and oxygen atoms in total. The van der Waals surface area contributed by atoms with Gasteiger partial charge in [0.15, 0.2) is 5.69 Å². The summed E-state index contributed by atoms with van der Waals surface area (Å²) in [4.78, 5) is 12.8. The molecule has 0 saturated heterocycles. The standard InChI is InChI=1S/C23H32F3N3O/c1-2-19(22-11-14-7-15(12-22)9-16(8-14)13-22)27-21(30)5-6-29-18(17-3-4-17)10-20(28-29)23(24,25)26/h10,14-17,19H,2-9,11-13H2,1H3,(H,27,30). The van der Waals surface area contributed by atoms with Crippen molar-refractivity contribution < 1.29 is 18.0 Å². The van der Waals surface area contributed by atoms with Gasteiger partial charge in [0.1, 0.15) is 0 Å². The molecule has 5 aliphatic carbocycles. The molecule has 5 fully saturated rings. The van der Waals surface area contributed by atoms with E-state index in [1.807, 2.05) is 0 Å². The van der Waals surface area contributed by atoms with E-state index in [1.54, 1.807) is 0 Å². The highest BCUT2D eigenvalue weighted by Crippen LogP contribution is 2.61. The Balaban J connectivity index is 1.24. The Bertz CT molecular complexity index is 776. The second-order valence-corrected chi connectivity index (χ2v) is 10.5. The van der Waals surface area contributed by atoms with Crippen LogP contribution < -0.4 is 5.32 Å². The second kappa shape index (κ2) is 7.27. The SMILES string of the molecule is CCC(NC(=O)CCn1nc(C(F)(F)F)cc1C1CC1)C12CC3CC(CC(C3)C1)C2. The molecule has 5 saturated carbocycles. The van der Waals surface area contributed by atoms with Gasteiger partial charge in [-0.05, 0) is 87.0 Å². The van der Waals surface area contributed by atoms with Crippen molar-refractivity contribution >= 4 is 5.91 Å². The minimum atomic E-state index is -4.44. The number of halogens is 3. The lowest BCUT2D eigenvalue weighted by Gasteiger charge is -2.59. The van der Waals surface area contributed by atoms with Gasteiger partial charge in [0.25, 0.3) is 0 Å². The highest BCUT2D eigenvalue weighted by molar-refractivity contribution is 5.76. The first-order chi connectivity index (χ1) is 14.3. The summed E-state index contributed by atoms with van der Waals surface area (Å²) in [5.41, 5.74) is 0.0288. The molecule has 1 unspecified atom stereocenters. The summed E-state index contributed by atoms with van der Waals surface area (Å²) in [6, 6.07) is 1.35. The third-order valence-corrected chi connectivity index (χ3v) is 8.22. The molecule has 1 heterocycles. The Kier molecular flexibility index (Phi) is 4.93. The quantitative estimate of drug-likeness (QED) is 0.649. The molecule has 0 radical (unpaired) electrons. The van der Waals surface area contributed by atoms with Gasteiger partial charge < -0.3 is 5.32 Å². The number of carbonyl (C=O) groups excluding carboxylic acids is 1. The molecular weight excluding hydrogens is 391 g/mol. The summed E-state index contributed by atoms with van der Waals surface area (Å²) >= 11 is 0. The van der Waals surface area contributed by atoms with Gasteiger partial charge in [0.2, 0.25) is 5.91 Å². The molecule has 1 atom stereocenters. The van der Waals surface area contributed by atoms with Crippen molar-refractivity contribution in [2.45, 2.75) is 95.8 Å². The molecule has 1 N–H and O–H groups in total. The number of rotatable bonds is 7. The van der Waals surface area contributed by atoms with E-state index in [4.69, 9.17) is 0 Å². The lowest BCUT2D eigenvalue weighted by atomic mass is 9.47. The smallest absolute Gasteiger partial charge is 0.353 e. The summed E-state index contributed by atoms with van der Waals surface area (Å²) in [7, 11) is 0. The van der Waals surface area contributed by atoms with Gasteiger partial charge in [-0.1, -0.05) is 6.92 Å². The van der Waals surface area contributed by atoms with E-state index in [9.17, 15) is 18.0 Å². The van der Waals surface area contributed by atoms with Crippen LogP contribution in [0, 0.1) is 23.2 Å². The zero-order valence-corrected chi connectivity index (χ0v) is 17.7. The fourth-order valence-electron chi connectivity index (χ4n) is 7.22. The third kappa shape index (κ3) is 3.77. The van der Waals surface area contributed by atoms with Crippen molar-refractivity contribution in [3.63, 3.8) is 0 Å². The van der Waals surface area contributed by atoms with E-state index < -0.39 is 11.9 Å². The van der Waals surface area contributed by atoms with Crippen LogP contribution in [0.3, 0.4) is 0 Å². The third-order valence-electron chi connectivity index (χ3n) is 8.22. The first-order valence-corrected chi connectivity index (χ1v) is 11.7. The van der Waals surface area contributed by atoms with Crippen molar-refractivity contribution in [1.29, 1.82) is 0 Å². The molecule has 1 amide bonds. The summed E-state index contributed by atoms with van der Waals surface area (Å²) in [5, 5.41) is 7.07. The number of alkyl halides is 3. The Morgan fingerprint density at radius 1 is 1.20 bits per heavy atom. The van der Waals surface area contributed by atoms with Crippen LogP contribution in [0.2, 0.25) is 0 Å². The predicted octanol–water partition coefficient (Wildman–Crippen LogP) is 5.28. The number of hydrogen-bond acceptors (Lipinski definition) is 2. The minimum Gasteiger partial charge on any atom is -0.353 e. The molecule has 4 bridgehead atoms. The van der Waals surface area contributed by atoms with Crippen molar-refractivity contribution in [1.82, 2.24) is 15.1 Å². The van der Waals surface area contributed by atoms with Crippen molar-refractivity contribution in [2.24, 2.45) is 23.2 Å². The van der Waals surface area contributed by atoms with Gasteiger partial charge in [-0.15, -0.1) is 0 Å². The van der Waals surface area contributed by atoms with Crippen LogP contribution >= 0.6 is 0 Å². The van der Waals surface area contributed by atoms with Crippen LogP contribution in [0.1, 0.15) is 88.4 Å². The average Bonchev–Trinajstić information content (AvgIpc) is 3.41. The lowest BCUT2D eigenvalue weighted by molar-refractivity contribution is -0.141. The molecule has 0 spiro atoms. The Morgan fingerprint density at radius 3 is 2.30 bits per heavy atom. The molecule has 1 aromatic rings. The van der Waals surface area contributed by atoms with Crippen LogP contribution in [0.25, 0.3) is 0 Å². The Hall–Kier alpha value is -1.53. The minimum absolute atomic E-state index is 0.0524. The molecular formula is C23H32F3N3O. The fourth-order valence-corrected chi connectivity index (χ4v) is 7.22. The largest absolute Gasteiger partial charge is 0.435 e. The predicted molar refractivity (Wildman–Crippen MR) is 107 cm³/mol. The topological polar surface area (TPSA) is 46.9 Å². The lowest BCUT2D eigenvalue weighted by Crippen LogP contribution is -2.56. The monoisotopic (exact) mass is 423 g/mol. The summed E-state index contributed by atoms with van der Waals surface area (Å²) in [5.74, 6) is 2.59.